The van der Waals surface area contributed by atoms with Crippen LogP contribution in [0.4, 0.5) is 10.1 Å². The maximum absolute atomic E-state index is 13.8. The van der Waals surface area contributed by atoms with Crippen molar-refractivity contribution in [1.82, 2.24) is 4.90 Å². The largest absolute Gasteiger partial charge is 0.494 e. The summed E-state index contributed by atoms with van der Waals surface area (Å²) in [6.45, 7) is 7.47. The van der Waals surface area contributed by atoms with E-state index in [0.717, 1.165) is 43.1 Å². The summed E-state index contributed by atoms with van der Waals surface area (Å²) in [7, 11) is 1.51. The van der Waals surface area contributed by atoms with E-state index in [0.29, 0.717) is 24.4 Å². The second-order valence-electron chi connectivity index (χ2n) is 8.58. The zero-order valence-electron chi connectivity index (χ0n) is 18.7. The van der Waals surface area contributed by atoms with Crippen LogP contribution in [0, 0.1) is 19.7 Å². The lowest BCUT2D eigenvalue weighted by Crippen LogP contribution is -2.56. The van der Waals surface area contributed by atoms with Crippen molar-refractivity contribution in [3.8, 4) is 11.5 Å². The van der Waals surface area contributed by atoms with Gasteiger partial charge in [-0.25, -0.2) is 4.39 Å². The summed E-state index contributed by atoms with van der Waals surface area (Å²) in [6, 6.07) is 10.3. The number of anilines is 1. The predicted octanol–water partition coefficient (Wildman–Crippen LogP) is 4.24. The average Bonchev–Trinajstić information content (AvgIpc) is 2.80. The molecule has 0 aliphatic carbocycles. The van der Waals surface area contributed by atoms with Crippen LogP contribution in [-0.4, -0.2) is 56.0 Å². The predicted molar refractivity (Wildman–Crippen MR) is 121 cm³/mol. The summed E-state index contributed by atoms with van der Waals surface area (Å²) >= 11 is 0. The van der Waals surface area contributed by atoms with Gasteiger partial charge in [0.25, 0.3) is 0 Å². The molecular weight excluding hydrogens is 395 g/mol. The molecule has 0 unspecified atom stereocenters. The topological polar surface area (TPSA) is 45.2 Å². The molecule has 2 heterocycles. The maximum atomic E-state index is 13.8. The molecule has 4 rings (SSSR count). The van der Waals surface area contributed by atoms with Crippen LogP contribution < -0.4 is 14.4 Å². The summed E-state index contributed by atoms with van der Waals surface area (Å²) in [5, 5.41) is 9.06. The van der Waals surface area contributed by atoms with Gasteiger partial charge in [-0.15, -0.1) is 0 Å². The van der Waals surface area contributed by atoms with E-state index in [4.69, 9.17) is 14.6 Å². The van der Waals surface area contributed by atoms with Crippen molar-refractivity contribution in [3.63, 3.8) is 0 Å². The number of ether oxygens (including phenoxy) is 2. The third-order valence-corrected chi connectivity index (χ3v) is 6.93. The van der Waals surface area contributed by atoms with Crippen LogP contribution in [-0.2, 0) is 0 Å². The Hall–Kier alpha value is -2.31. The Bertz CT molecular complexity index is 920. The fourth-order valence-electron chi connectivity index (χ4n) is 5.15. The highest BCUT2D eigenvalue weighted by Gasteiger charge is 2.36. The van der Waals surface area contributed by atoms with Crippen molar-refractivity contribution in [2.45, 2.75) is 45.2 Å². The van der Waals surface area contributed by atoms with E-state index in [1.54, 1.807) is 0 Å². The van der Waals surface area contributed by atoms with Crippen LogP contribution in [0.25, 0.3) is 0 Å². The highest BCUT2D eigenvalue weighted by molar-refractivity contribution is 5.52. The number of hydrogen-bond acceptors (Lipinski definition) is 5. The van der Waals surface area contributed by atoms with Crippen molar-refractivity contribution in [2.24, 2.45) is 0 Å². The van der Waals surface area contributed by atoms with Gasteiger partial charge in [-0.05, 0) is 68.0 Å². The van der Waals surface area contributed by atoms with Crippen LogP contribution in [0.15, 0.2) is 30.3 Å². The van der Waals surface area contributed by atoms with Crippen LogP contribution in [0.5, 0.6) is 11.5 Å². The van der Waals surface area contributed by atoms with Gasteiger partial charge in [0.15, 0.2) is 11.6 Å². The molecule has 2 saturated heterocycles. The Morgan fingerprint density at radius 2 is 1.90 bits per heavy atom. The minimum Gasteiger partial charge on any atom is -0.494 e. The van der Waals surface area contributed by atoms with Gasteiger partial charge in [-0.3, -0.25) is 4.90 Å². The molecule has 5 nitrogen and oxygen atoms in total. The zero-order chi connectivity index (χ0) is 22.0. The number of nitrogens with zero attached hydrogens (tertiary/aromatic N) is 2. The molecule has 0 spiro atoms. The highest BCUT2D eigenvalue weighted by atomic mass is 19.1. The molecule has 168 valence electrons. The van der Waals surface area contributed by atoms with E-state index in [2.05, 4.69) is 35.8 Å². The second kappa shape index (κ2) is 9.45. The van der Waals surface area contributed by atoms with Crippen molar-refractivity contribution in [3.05, 3.63) is 52.8 Å². The fraction of sp³-hybridized carbons (Fsp3) is 0.520. The van der Waals surface area contributed by atoms with Gasteiger partial charge < -0.3 is 19.5 Å². The Labute approximate surface area is 184 Å². The first-order valence-corrected chi connectivity index (χ1v) is 11.2. The van der Waals surface area contributed by atoms with E-state index in [1.807, 2.05) is 12.1 Å². The Balaban J connectivity index is 1.52. The van der Waals surface area contributed by atoms with Crippen molar-refractivity contribution in [1.29, 1.82) is 0 Å². The molecule has 2 aromatic rings. The molecule has 2 atom stereocenters. The number of fused-ring (bicyclic) bond motifs is 1. The highest BCUT2D eigenvalue weighted by Crippen LogP contribution is 2.40. The number of methoxy groups -OCH3 is 1. The van der Waals surface area contributed by atoms with Crippen LogP contribution in [0.3, 0.4) is 0 Å². The lowest BCUT2D eigenvalue weighted by molar-refractivity contribution is 0.0712. The lowest BCUT2D eigenvalue weighted by atomic mass is 9.86. The van der Waals surface area contributed by atoms with Gasteiger partial charge >= 0.3 is 0 Å². The first kappa shape index (κ1) is 21.9. The molecule has 0 saturated carbocycles. The first-order chi connectivity index (χ1) is 15.0. The van der Waals surface area contributed by atoms with E-state index >= 15 is 0 Å². The number of piperidine rings is 1. The normalized spacial score (nSPS) is 21.6. The van der Waals surface area contributed by atoms with E-state index in [9.17, 15) is 4.39 Å². The molecule has 2 aliphatic heterocycles. The SMILES string of the molecule is COc1cc(N2CCN3[C@@H](CCC[C@@H]3c3ccc(OCCO)c(C)c3C)C2)ccc1F. The van der Waals surface area contributed by atoms with Crippen molar-refractivity contribution in [2.75, 3.05) is 44.9 Å². The van der Waals surface area contributed by atoms with Gasteiger partial charge in [0.2, 0.25) is 0 Å². The quantitative estimate of drug-likeness (QED) is 0.746. The summed E-state index contributed by atoms with van der Waals surface area (Å²) < 4.78 is 24.7. The number of piperazine rings is 1. The summed E-state index contributed by atoms with van der Waals surface area (Å²) in [5.74, 6) is 0.841. The summed E-state index contributed by atoms with van der Waals surface area (Å²) in [4.78, 5) is 5.02. The average molecular weight is 429 g/mol. The van der Waals surface area contributed by atoms with Gasteiger partial charge in [0, 0.05) is 43.5 Å². The number of aliphatic hydroxyl groups excluding tert-OH is 1. The Kier molecular flexibility index (Phi) is 6.68. The Morgan fingerprint density at radius 1 is 1.06 bits per heavy atom. The van der Waals surface area contributed by atoms with Gasteiger partial charge in [0.1, 0.15) is 12.4 Å². The zero-order valence-corrected chi connectivity index (χ0v) is 18.7. The lowest BCUT2D eigenvalue weighted by Gasteiger charge is -2.49. The van der Waals surface area contributed by atoms with E-state index in [-0.39, 0.29) is 12.4 Å². The maximum Gasteiger partial charge on any atom is 0.165 e. The molecule has 6 heteroatoms. The molecule has 0 amide bonds. The third kappa shape index (κ3) is 4.37. The van der Waals surface area contributed by atoms with Gasteiger partial charge in [-0.1, -0.05) is 6.07 Å². The second-order valence-corrected chi connectivity index (χ2v) is 8.58. The molecular formula is C25H33FN2O3. The number of rotatable bonds is 6. The van der Waals surface area contributed by atoms with E-state index < -0.39 is 0 Å². The fourth-order valence-corrected chi connectivity index (χ4v) is 5.15. The minimum absolute atomic E-state index is 0.0226. The Morgan fingerprint density at radius 3 is 2.68 bits per heavy atom. The molecule has 2 aliphatic rings. The molecule has 0 aromatic heterocycles. The van der Waals surface area contributed by atoms with Gasteiger partial charge in [0.05, 0.1) is 13.7 Å². The molecule has 0 bridgehead atoms. The molecule has 2 fully saturated rings. The third-order valence-electron chi connectivity index (χ3n) is 6.93. The summed E-state index contributed by atoms with van der Waals surface area (Å²) in [6.07, 6.45) is 3.55. The van der Waals surface area contributed by atoms with E-state index in [1.165, 1.54) is 37.1 Å². The minimum atomic E-state index is -0.320. The van der Waals surface area contributed by atoms with Gasteiger partial charge in [-0.2, -0.15) is 0 Å². The number of benzene rings is 2. The van der Waals surface area contributed by atoms with Crippen molar-refractivity contribution < 1.29 is 19.0 Å². The standard InChI is InChI=1S/C25H33FN2O3/c1-17-18(2)24(31-14-13-29)10-8-21(17)23-6-4-5-20-16-27(11-12-28(20)23)19-7-9-22(26)25(15-19)30-3/h7-10,15,20,23,29H,4-6,11-14,16H2,1-3H3/t20-,23+/m0/s1. The smallest absolute Gasteiger partial charge is 0.165 e. The van der Waals surface area contributed by atoms with Crippen LogP contribution in [0.1, 0.15) is 42.0 Å². The van der Waals surface area contributed by atoms with Crippen LogP contribution >= 0.6 is 0 Å². The molecule has 0 radical (unpaired) electrons. The van der Waals surface area contributed by atoms with Crippen LogP contribution in [0.2, 0.25) is 0 Å². The molecule has 2 aromatic carbocycles. The monoisotopic (exact) mass is 428 g/mol. The summed E-state index contributed by atoms with van der Waals surface area (Å²) in [5.41, 5.74) is 4.85. The molecule has 31 heavy (non-hydrogen) atoms. The first-order valence-electron chi connectivity index (χ1n) is 11.2. The van der Waals surface area contributed by atoms with Crippen molar-refractivity contribution >= 4 is 5.69 Å². The molecule has 1 N–H and O–H groups in total. The number of halogens is 1. The number of hydrogen-bond donors (Lipinski definition) is 1. The number of aliphatic hydroxyl groups is 1.